The van der Waals surface area contributed by atoms with Crippen LogP contribution in [0.4, 0.5) is 4.39 Å². The molecular formula is C27H37FO5S. The molecule has 0 amide bonds. The van der Waals surface area contributed by atoms with Crippen LogP contribution in [0.3, 0.4) is 0 Å². The summed E-state index contributed by atoms with van der Waals surface area (Å²) < 4.78 is 19.4. The molecule has 0 aromatic rings. The van der Waals surface area contributed by atoms with E-state index in [1.54, 1.807) is 19.1 Å². The van der Waals surface area contributed by atoms with Gasteiger partial charge in [0.1, 0.15) is 6.01 Å². The van der Waals surface area contributed by atoms with E-state index in [0.717, 1.165) is 12.0 Å². The number of hydrogen-bond donors (Lipinski definition) is 1. The minimum Gasteiger partial charge on any atom is -0.449 e. The van der Waals surface area contributed by atoms with Crippen molar-refractivity contribution in [1.82, 2.24) is 0 Å². The van der Waals surface area contributed by atoms with Crippen LogP contribution in [0.5, 0.6) is 0 Å². The Morgan fingerprint density at radius 2 is 1.88 bits per heavy atom. The number of hydrogen-bond acceptors (Lipinski definition) is 6. The van der Waals surface area contributed by atoms with E-state index in [0.29, 0.717) is 18.2 Å². The summed E-state index contributed by atoms with van der Waals surface area (Å²) in [6, 6.07) is -0.885. The number of rotatable bonds is 4. The summed E-state index contributed by atoms with van der Waals surface area (Å²) in [6.45, 7) is 11.9. The topological polar surface area (TPSA) is 80.7 Å². The molecule has 0 bridgehead atoms. The summed E-state index contributed by atoms with van der Waals surface area (Å²) in [6.07, 6.45) is 6.32. The molecule has 0 spiro atoms. The van der Waals surface area contributed by atoms with Crippen molar-refractivity contribution in [3.05, 3.63) is 23.8 Å². The number of esters is 1. The molecule has 0 heterocycles. The lowest BCUT2D eigenvalue weighted by atomic mass is 9.38. The number of ketones is 1. The Hall–Kier alpha value is -1.47. The van der Waals surface area contributed by atoms with E-state index in [4.69, 9.17) is 4.74 Å². The molecule has 0 aromatic heterocycles. The number of thioether (sulfide) groups is 1. The predicted molar refractivity (Wildman–Crippen MR) is 129 cm³/mol. The lowest BCUT2D eigenvalue weighted by Gasteiger charge is -2.66. The molecule has 1 N–H and O–H groups in total. The minimum absolute atomic E-state index is 0.00318. The van der Waals surface area contributed by atoms with Crippen molar-refractivity contribution in [2.75, 3.05) is 6.01 Å². The fourth-order valence-corrected chi connectivity index (χ4v) is 9.22. The lowest BCUT2D eigenvalue weighted by molar-refractivity contribution is -0.219. The Balaban J connectivity index is 1.87. The van der Waals surface area contributed by atoms with Crippen molar-refractivity contribution < 1.29 is 28.6 Å². The second kappa shape index (κ2) is 8.29. The van der Waals surface area contributed by atoms with Crippen LogP contribution in [-0.4, -0.2) is 39.7 Å². The summed E-state index contributed by atoms with van der Waals surface area (Å²) in [5.41, 5.74) is -2.32. The molecule has 5 nitrogen and oxygen atoms in total. The number of aliphatic hydroxyl groups is 1. The molecule has 9 atom stereocenters. The number of carbonyl (C=O) groups excluding carboxylic acids is 3. The first-order valence-corrected chi connectivity index (χ1v) is 13.4. The average molecular weight is 493 g/mol. The second-order valence-electron chi connectivity index (χ2n) is 11.5. The fourth-order valence-electron chi connectivity index (χ4n) is 8.43. The molecule has 0 aromatic carbocycles. The van der Waals surface area contributed by atoms with Crippen LogP contribution in [0.15, 0.2) is 23.8 Å². The van der Waals surface area contributed by atoms with Crippen LogP contribution in [0.1, 0.15) is 67.2 Å². The number of carbonyl (C=O) groups is 3. The Morgan fingerprint density at radius 3 is 2.50 bits per heavy atom. The quantitative estimate of drug-likeness (QED) is 0.555. The number of fused-ring (bicyclic) bond motifs is 5. The van der Waals surface area contributed by atoms with Gasteiger partial charge in [0, 0.05) is 28.6 Å². The molecule has 3 fully saturated rings. The molecule has 188 valence electrons. The predicted octanol–water partition coefficient (Wildman–Crippen LogP) is 5.03. The van der Waals surface area contributed by atoms with Gasteiger partial charge in [0.25, 0.3) is 0 Å². The van der Waals surface area contributed by atoms with E-state index in [9.17, 15) is 23.9 Å². The summed E-state index contributed by atoms with van der Waals surface area (Å²) in [5, 5.41) is 11.4. The second-order valence-corrected chi connectivity index (χ2v) is 12.4. The maximum atomic E-state index is 13.5. The van der Waals surface area contributed by atoms with Gasteiger partial charge in [-0.05, 0) is 60.9 Å². The van der Waals surface area contributed by atoms with E-state index >= 15 is 0 Å². The third-order valence-corrected chi connectivity index (χ3v) is 11.0. The lowest BCUT2D eigenvalue weighted by Crippen LogP contribution is -2.67. The standard InChI is InChI=1S/C27H37FO5S/c1-7-22(31)33-27(23(32)34-14-28)16(3)11-19-20-10-15(2)18-12-17(29)8-9-24(18,4)26(20,6)21(30)13-25(19,27)5/h8-9,12,15-16,19-21,30H,7,10-11,13-14H2,1-6H3/t15-,16+,19-,20?,21-,24-,25-,26+,27-/m0/s1. The Morgan fingerprint density at radius 1 is 1.21 bits per heavy atom. The van der Waals surface area contributed by atoms with Gasteiger partial charge in [0.05, 0.1) is 6.10 Å². The van der Waals surface area contributed by atoms with Crippen molar-refractivity contribution in [1.29, 1.82) is 0 Å². The van der Waals surface area contributed by atoms with Crippen LogP contribution in [0.2, 0.25) is 0 Å². The molecule has 0 saturated heterocycles. The van der Waals surface area contributed by atoms with Crippen LogP contribution in [0, 0.1) is 39.9 Å². The van der Waals surface area contributed by atoms with E-state index in [1.807, 2.05) is 19.9 Å². The summed E-state index contributed by atoms with van der Waals surface area (Å²) in [4.78, 5) is 38.4. The Labute approximate surface area is 206 Å². The van der Waals surface area contributed by atoms with Crippen molar-refractivity contribution in [2.24, 2.45) is 39.9 Å². The molecule has 4 rings (SSSR count). The fraction of sp³-hybridized carbons (Fsp3) is 0.741. The molecule has 4 aliphatic carbocycles. The first-order valence-electron chi connectivity index (χ1n) is 12.4. The highest BCUT2D eigenvalue weighted by Crippen LogP contribution is 2.74. The summed E-state index contributed by atoms with van der Waals surface area (Å²) >= 11 is 0.564. The van der Waals surface area contributed by atoms with Gasteiger partial charge in [-0.1, -0.05) is 53.2 Å². The maximum absolute atomic E-state index is 13.5. The van der Waals surface area contributed by atoms with Gasteiger partial charge in [0.2, 0.25) is 5.12 Å². The van der Waals surface area contributed by atoms with Gasteiger partial charge in [-0.3, -0.25) is 14.4 Å². The van der Waals surface area contributed by atoms with Crippen LogP contribution in [0.25, 0.3) is 0 Å². The van der Waals surface area contributed by atoms with Gasteiger partial charge in [-0.2, -0.15) is 0 Å². The zero-order valence-electron chi connectivity index (χ0n) is 21.0. The number of alkyl halides is 1. The molecule has 4 aliphatic rings. The van der Waals surface area contributed by atoms with Gasteiger partial charge >= 0.3 is 5.97 Å². The van der Waals surface area contributed by atoms with E-state index in [2.05, 4.69) is 20.8 Å². The number of allylic oxidation sites excluding steroid dienone is 4. The number of ether oxygens (including phenoxy) is 1. The smallest absolute Gasteiger partial charge is 0.306 e. The van der Waals surface area contributed by atoms with Gasteiger partial charge in [-0.25, -0.2) is 4.39 Å². The van der Waals surface area contributed by atoms with Crippen LogP contribution >= 0.6 is 11.8 Å². The normalized spacial score (nSPS) is 47.4. The van der Waals surface area contributed by atoms with Crippen molar-refractivity contribution in [3.8, 4) is 0 Å². The molecular weight excluding hydrogens is 455 g/mol. The highest BCUT2D eigenvalue weighted by molar-refractivity contribution is 8.13. The maximum Gasteiger partial charge on any atom is 0.306 e. The number of aliphatic hydroxyl groups excluding tert-OH is 1. The summed E-state index contributed by atoms with van der Waals surface area (Å²) in [7, 11) is 0. The zero-order valence-corrected chi connectivity index (χ0v) is 21.8. The highest BCUT2D eigenvalue weighted by atomic mass is 32.2. The van der Waals surface area contributed by atoms with Crippen molar-refractivity contribution in [2.45, 2.75) is 78.9 Å². The number of halogens is 1. The van der Waals surface area contributed by atoms with E-state index in [1.165, 1.54) is 0 Å². The monoisotopic (exact) mass is 492 g/mol. The first kappa shape index (κ1) is 25.6. The molecule has 34 heavy (non-hydrogen) atoms. The molecule has 0 radical (unpaired) electrons. The molecule has 0 aliphatic heterocycles. The zero-order chi connectivity index (χ0) is 25.3. The van der Waals surface area contributed by atoms with Gasteiger partial charge < -0.3 is 9.84 Å². The molecule has 3 saturated carbocycles. The summed E-state index contributed by atoms with van der Waals surface area (Å²) in [5.74, 6) is -0.646. The van der Waals surface area contributed by atoms with Crippen molar-refractivity contribution >= 4 is 28.6 Å². The van der Waals surface area contributed by atoms with E-state index < -0.39 is 45.0 Å². The molecule has 7 heteroatoms. The third kappa shape index (κ3) is 3.04. The van der Waals surface area contributed by atoms with Crippen LogP contribution < -0.4 is 0 Å². The Kier molecular flexibility index (Phi) is 6.25. The average Bonchev–Trinajstić information content (AvgIpc) is 2.99. The van der Waals surface area contributed by atoms with Gasteiger partial charge in [-0.15, -0.1) is 0 Å². The largest absolute Gasteiger partial charge is 0.449 e. The van der Waals surface area contributed by atoms with Crippen LogP contribution in [-0.2, 0) is 19.1 Å². The SMILES string of the molecule is CCC(=O)O[C@]1(C(=O)SCF)[C@H](C)C[C@H]2C3C[C@H](C)C4=CC(=O)C=C[C@]4(C)[C@@]3(C)[C@@H](O)C[C@@]21C. The first-order chi connectivity index (χ1) is 15.8. The van der Waals surface area contributed by atoms with E-state index in [-0.39, 0.29) is 42.3 Å². The Bertz CT molecular complexity index is 976. The van der Waals surface area contributed by atoms with Gasteiger partial charge in [0.15, 0.2) is 11.4 Å². The minimum atomic E-state index is -1.48. The molecule has 1 unspecified atom stereocenters. The highest BCUT2D eigenvalue weighted by Gasteiger charge is 2.76. The third-order valence-electron chi connectivity index (χ3n) is 10.3. The van der Waals surface area contributed by atoms with Crippen molar-refractivity contribution in [3.63, 3.8) is 0 Å².